The van der Waals surface area contributed by atoms with Crippen LogP contribution in [0.2, 0.25) is 0 Å². The average molecular weight is 412 g/mol. The van der Waals surface area contributed by atoms with Gasteiger partial charge in [0.1, 0.15) is 0 Å². The highest BCUT2D eigenvalue weighted by Gasteiger charge is 2.19. The van der Waals surface area contributed by atoms with Gasteiger partial charge >= 0.3 is 0 Å². The molecule has 0 unspecified atom stereocenters. The van der Waals surface area contributed by atoms with Crippen molar-refractivity contribution in [3.63, 3.8) is 0 Å². The van der Waals surface area contributed by atoms with E-state index in [1.807, 2.05) is 18.2 Å². The van der Waals surface area contributed by atoms with Crippen LogP contribution in [0.4, 0.5) is 5.69 Å². The smallest absolute Gasteiger partial charge is 0.277 e. The third-order valence-electron chi connectivity index (χ3n) is 6.62. The lowest BCUT2D eigenvalue weighted by Gasteiger charge is -2.07. The SMILES string of the molecule is O=[N+]([O-])c1ccccc1-c1ccc2ccc3c(c2c1)c1cccc2c4ccccc4n3c21. The maximum atomic E-state index is 11.6. The zero-order valence-electron chi connectivity index (χ0n) is 16.9. The van der Waals surface area contributed by atoms with E-state index < -0.39 is 0 Å². The predicted molar refractivity (Wildman–Crippen MR) is 131 cm³/mol. The summed E-state index contributed by atoms with van der Waals surface area (Å²) in [6, 6.07) is 32.4. The van der Waals surface area contributed by atoms with Crippen LogP contribution in [0.5, 0.6) is 0 Å². The van der Waals surface area contributed by atoms with Gasteiger partial charge in [0, 0.05) is 27.6 Å². The number of benzene rings is 5. The van der Waals surface area contributed by atoms with Crippen LogP contribution in [0.15, 0.2) is 97.1 Å². The lowest BCUT2D eigenvalue weighted by Crippen LogP contribution is -1.91. The third-order valence-corrected chi connectivity index (χ3v) is 6.62. The van der Waals surface area contributed by atoms with Crippen molar-refractivity contribution in [2.45, 2.75) is 0 Å². The van der Waals surface area contributed by atoms with Crippen LogP contribution in [0, 0.1) is 10.1 Å². The second-order valence-corrected chi connectivity index (χ2v) is 8.22. The van der Waals surface area contributed by atoms with Gasteiger partial charge in [-0.05, 0) is 40.6 Å². The number of fused-ring (bicyclic) bond motifs is 8. The Morgan fingerprint density at radius 2 is 1.41 bits per heavy atom. The molecule has 0 fully saturated rings. The quantitative estimate of drug-likeness (QED) is 0.217. The second-order valence-electron chi connectivity index (χ2n) is 8.22. The first-order chi connectivity index (χ1) is 15.7. The molecule has 4 nitrogen and oxygen atoms in total. The molecule has 0 amide bonds. The molecule has 0 bridgehead atoms. The number of nitro benzene ring substituents is 1. The van der Waals surface area contributed by atoms with E-state index in [1.54, 1.807) is 12.1 Å². The van der Waals surface area contributed by atoms with E-state index in [1.165, 1.54) is 32.6 Å². The molecule has 32 heavy (non-hydrogen) atoms. The van der Waals surface area contributed by atoms with Gasteiger partial charge in [-0.2, -0.15) is 0 Å². The molecule has 7 aromatic rings. The summed E-state index contributed by atoms with van der Waals surface area (Å²) in [5, 5.41) is 18.7. The van der Waals surface area contributed by atoms with E-state index in [0.717, 1.165) is 21.9 Å². The van der Waals surface area contributed by atoms with Gasteiger partial charge in [-0.1, -0.05) is 66.7 Å². The number of nitrogens with zero attached hydrogens (tertiary/aromatic N) is 2. The fourth-order valence-electron chi connectivity index (χ4n) is 5.29. The molecule has 0 saturated carbocycles. The Labute approximate surface area is 182 Å². The van der Waals surface area contributed by atoms with Crippen molar-refractivity contribution in [1.82, 2.24) is 4.40 Å². The molecule has 0 aliphatic rings. The Morgan fingerprint density at radius 3 is 2.31 bits per heavy atom. The minimum absolute atomic E-state index is 0.124. The average Bonchev–Trinajstić information content (AvgIpc) is 3.36. The van der Waals surface area contributed by atoms with Crippen LogP contribution >= 0.6 is 0 Å². The van der Waals surface area contributed by atoms with Crippen LogP contribution < -0.4 is 0 Å². The highest BCUT2D eigenvalue weighted by atomic mass is 16.6. The molecule has 0 aliphatic carbocycles. The number of hydrogen-bond donors (Lipinski definition) is 0. The van der Waals surface area contributed by atoms with Crippen LogP contribution in [-0.2, 0) is 0 Å². The minimum atomic E-state index is -0.312. The third kappa shape index (κ3) is 2.11. The molecular weight excluding hydrogens is 396 g/mol. The molecule has 0 aliphatic heterocycles. The maximum absolute atomic E-state index is 11.6. The minimum Gasteiger partial charge on any atom is -0.308 e. The van der Waals surface area contributed by atoms with E-state index in [2.05, 4.69) is 71.1 Å². The lowest BCUT2D eigenvalue weighted by atomic mass is 9.97. The first-order valence-electron chi connectivity index (χ1n) is 10.6. The molecule has 0 N–H and O–H groups in total. The van der Waals surface area contributed by atoms with Gasteiger partial charge in [-0.3, -0.25) is 10.1 Å². The predicted octanol–water partition coefficient (Wildman–Crippen LogP) is 7.57. The summed E-state index contributed by atoms with van der Waals surface area (Å²) in [6.07, 6.45) is 0. The topological polar surface area (TPSA) is 47.5 Å². The summed E-state index contributed by atoms with van der Waals surface area (Å²) in [4.78, 5) is 11.3. The van der Waals surface area contributed by atoms with Crippen molar-refractivity contribution in [2.75, 3.05) is 0 Å². The van der Waals surface area contributed by atoms with Crippen molar-refractivity contribution in [2.24, 2.45) is 0 Å². The van der Waals surface area contributed by atoms with Crippen LogP contribution in [0.1, 0.15) is 0 Å². The first-order valence-corrected chi connectivity index (χ1v) is 10.6. The van der Waals surface area contributed by atoms with Crippen molar-refractivity contribution < 1.29 is 4.92 Å². The van der Waals surface area contributed by atoms with Gasteiger partial charge in [-0.15, -0.1) is 0 Å². The summed E-state index contributed by atoms with van der Waals surface area (Å²) in [5.41, 5.74) is 5.20. The summed E-state index contributed by atoms with van der Waals surface area (Å²) in [5.74, 6) is 0. The molecule has 0 spiro atoms. The molecule has 0 radical (unpaired) electrons. The molecule has 150 valence electrons. The summed E-state index contributed by atoms with van der Waals surface area (Å²) in [7, 11) is 0. The van der Waals surface area contributed by atoms with E-state index in [-0.39, 0.29) is 10.6 Å². The van der Waals surface area contributed by atoms with Crippen LogP contribution in [0.3, 0.4) is 0 Å². The fourth-order valence-corrected chi connectivity index (χ4v) is 5.29. The number of hydrogen-bond acceptors (Lipinski definition) is 2. The highest BCUT2D eigenvalue weighted by Crippen LogP contribution is 2.42. The molecule has 5 aromatic carbocycles. The summed E-state index contributed by atoms with van der Waals surface area (Å²) >= 11 is 0. The Bertz CT molecular complexity index is 1860. The monoisotopic (exact) mass is 412 g/mol. The zero-order chi connectivity index (χ0) is 21.4. The van der Waals surface area contributed by atoms with E-state index in [4.69, 9.17) is 0 Å². The number of para-hydroxylation sites is 3. The number of rotatable bonds is 2. The molecule has 2 aromatic heterocycles. The Kier molecular flexibility index (Phi) is 3.26. The van der Waals surface area contributed by atoms with Gasteiger partial charge < -0.3 is 4.40 Å². The lowest BCUT2D eigenvalue weighted by molar-refractivity contribution is -0.384. The molecular formula is C28H16N2O2. The van der Waals surface area contributed by atoms with Crippen molar-refractivity contribution in [3.05, 3.63) is 107 Å². The van der Waals surface area contributed by atoms with Gasteiger partial charge in [0.15, 0.2) is 0 Å². The van der Waals surface area contributed by atoms with Crippen molar-refractivity contribution in [3.8, 4) is 11.1 Å². The second kappa shape index (κ2) is 6.05. The van der Waals surface area contributed by atoms with Gasteiger partial charge in [0.05, 0.1) is 27.0 Å². The van der Waals surface area contributed by atoms with Crippen LogP contribution in [0.25, 0.3) is 60.0 Å². The maximum Gasteiger partial charge on any atom is 0.277 e. The van der Waals surface area contributed by atoms with Crippen molar-refractivity contribution in [1.29, 1.82) is 0 Å². The highest BCUT2D eigenvalue weighted by molar-refractivity contribution is 6.28. The molecule has 0 saturated heterocycles. The van der Waals surface area contributed by atoms with Gasteiger partial charge in [0.25, 0.3) is 5.69 Å². The van der Waals surface area contributed by atoms with E-state index >= 15 is 0 Å². The fraction of sp³-hybridized carbons (Fsp3) is 0. The standard InChI is InChI=1S/C28H16N2O2/c31-30(32)25-11-4-1-6-19(25)18-13-12-17-14-15-26-27(23(17)16-18)22-9-5-8-21-20-7-2-3-10-24(20)29(26)28(21)22/h1-16H. The normalized spacial score (nSPS) is 12.0. The first kappa shape index (κ1) is 17.3. The summed E-state index contributed by atoms with van der Waals surface area (Å²) < 4.78 is 2.35. The molecule has 7 rings (SSSR count). The zero-order valence-corrected chi connectivity index (χ0v) is 16.9. The molecule has 0 atom stereocenters. The van der Waals surface area contributed by atoms with Gasteiger partial charge in [0.2, 0.25) is 0 Å². The Balaban J connectivity index is 1.66. The Morgan fingerprint density at radius 1 is 0.656 bits per heavy atom. The van der Waals surface area contributed by atoms with E-state index in [0.29, 0.717) is 5.56 Å². The van der Waals surface area contributed by atoms with Crippen molar-refractivity contribution >= 4 is 54.6 Å². The summed E-state index contributed by atoms with van der Waals surface area (Å²) in [6.45, 7) is 0. The van der Waals surface area contributed by atoms with Crippen LogP contribution in [-0.4, -0.2) is 9.32 Å². The Hall–Kier alpha value is -4.44. The number of aromatic nitrogens is 1. The molecule has 4 heteroatoms. The van der Waals surface area contributed by atoms with Gasteiger partial charge in [-0.25, -0.2) is 0 Å². The van der Waals surface area contributed by atoms with E-state index in [9.17, 15) is 10.1 Å². The molecule has 2 heterocycles. The number of nitro groups is 1. The largest absolute Gasteiger partial charge is 0.308 e.